The lowest BCUT2D eigenvalue weighted by Gasteiger charge is -2.38. The molecule has 1 aliphatic rings. The average molecular weight is 456 g/mol. The van der Waals surface area contributed by atoms with Crippen LogP contribution in [0.5, 0.6) is 0 Å². The molecule has 0 unspecified atom stereocenters. The van der Waals surface area contributed by atoms with Crippen LogP contribution >= 0.6 is 0 Å². The van der Waals surface area contributed by atoms with Crippen LogP contribution in [0.4, 0.5) is 11.4 Å². The topological polar surface area (TPSA) is 35.6 Å². The minimum atomic E-state index is -0.0822. The fourth-order valence-corrected chi connectivity index (χ4v) is 4.59. The van der Waals surface area contributed by atoms with E-state index < -0.39 is 0 Å². The smallest absolute Gasteiger partial charge is 0.256 e. The van der Waals surface area contributed by atoms with Gasteiger partial charge in [-0.15, -0.1) is 0 Å². The molecule has 178 valence electrons. The molecule has 3 aromatic carbocycles. The van der Waals surface area contributed by atoms with E-state index in [1.54, 1.807) is 0 Å². The molecule has 0 aliphatic carbocycles. The van der Waals surface area contributed by atoms with Crippen molar-refractivity contribution in [3.63, 3.8) is 0 Å². The first-order chi connectivity index (χ1) is 16.3. The lowest BCUT2D eigenvalue weighted by molar-refractivity contribution is 0.102. The summed E-state index contributed by atoms with van der Waals surface area (Å²) in [4.78, 5) is 18.2. The van der Waals surface area contributed by atoms with Crippen LogP contribution in [0.2, 0.25) is 0 Å². The Kier molecular flexibility index (Phi) is 7.38. The molecule has 0 atom stereocenters. The highest BCUT2D eigenvalue weighted by molar-refractivity contribution is 6.08. The van der Waals surface area contributed by atoms with Crippen molar-refractivity contribution in [1.82, 2.24) is 4.90 Å². The Balaban J connectivity index is 1.48. The number of hydrogen-bond donors (Lipinski definition) is 1. The van der Waals surface area contributed by atoms with Gasteiger partial charge in [0.15, 0.2) is 0 Å². The number of anilines is 2. The number of piperazine rings is 1. The summed E-state index contributed by atoms with van der Waals surface area (Å²) < 4.78 is 0. The molecule has 4 nitrogen and oxygen atoms in total. The van der Waals surface area contributed by atoms with Crippen molar-refractivity contribution in [3.8, 4) is 11.1 Å². The third-order valence-electron chi connectivity index (χ3n) is 6.84. The van der Waals surface area contributed by atoms with Gasteiger partial charge in [0.2, 0.25) is 0 Å². The summed E-state index contributed by atoms with van der Waals surface area (Å²) >= 11 is 0. The Morgan fingerprint density at radius 1 is 0.824 bits per heavy atom. The number of amides is 1. The SMILES string of the molecule is Cc1ccc(C(=O)Nc2ccc(N3CCN(C(C)C)CC3)cc2)c(-c2ccc(C(C)C)cc2)c1. The fourth-order valence-electron chi connectivity index (χ4n) is 4.59. The first-order valence-electron chi connectivity index (χ1n) is 12.4. The first-order valence-corrected chi connectivity index (χ1v) is 12.4. The number of carbonyl (C=O) groups is 1. The molecular weight excluding hydrogens is 418 g/mol. The highest BCUT2D eigenvalue weighted by Crippen LogP contribution is 2.28. The van der Waals surface area contributed by atoms with E-state index in [0.717, 1.165) is 48.6 Å². The first kappa shape index (κ1) is 24.0. The molecule has 0 bridgehead atoms. The van der Waals surface area contributed by atoms with E-state index in [0.29, 0.717) is 17.5 Å². The van der Waals surface area contributed by atoms with E-state index in [2.05, 4.69) is 92.2 Å². The van der Waals surface area contributed by atoms with Crippen molar-refractivity contribution in [1.29, 1.82) is 0 Å². The largest absolute Gasteiger partial charge is 0.369 e. The normalized spacial score (nSPS) is 14.6. The molecule has 4 rings (SSSR count). The predicted octanol–water partition coefficient (Wildman–Crippen LogP) is 6.57. The van der Waals surface area contributed by atoms with Gasteiger partial charge in [0, 0.05) is 49.2 Å². The lowest BCUT2D eigenvalue weighted by Crippen LogP contribution is -2.48. The standard InChI is InChI=1S/C30H37N3O/c1-21(2)24-7-9-25(10-8-24)29-20-23(5)6-15-28(29)30(34)31-26-11-13-27(14-12-26)33-18-16-32(17-19-33)22(3)4/h6-15,20-22H,16-19H2,1-5H3,(H,31,34). The van der Waals surface area contributed by atoms with Crippen molar-refractivity contribution in [3.05, 3.63) is 83.4 Å². The molecule has 4 heteroatoms. The monoisotopic (exact) mass is 455 g/mol. The van der Waals surface area contributed by atoms with Crippen LogP contribution in [0.15, 0.2) is 66.7 Å². The zero-order valence-electron chi connectivity index (χ0n) is 21.1. The van der Waals surface area contributed by atoms with Crippen LogP contribution in [0, 0.1) is 6.92 Å². The summed E-state index contributed by atoms with van der Waals surface area (Å²) in [5.41, 5.74) is 7.19. The molecule has 1 aliphatic heterocycles. The van der Waals surface area contributed by atoms with Gasteiger partial charge in [0.25, 0.3) is 5.91 Å². The Morgan fingerprint density at radius 3 is 2.06 bits per heavy atom. The highest BCUT2D eigenvalue weighted by atomic mass is 16.1. The van der Waals surface area contributed by atoms with Gasteiger partial charge in [-0.05, 0) is 73.7 Å². The van der Waals surface area contributed by atoms with E-state index in [1.807, 2.05) is 24.3 Å². The number of aryl methyl sites for hydroxylation is 1. The summed E-state index contributed by atoms with van der Waals surface area (Å²) in [6, 6.07) is 23.4. The van der Waals surface area contributed by atoms with Gasteiger partial charge >= 0.3 is 0 Å². The second-order valence-electron chi connectivity index (χ2n) is 9.94. The third kappa shape index (κ3) is 5.51. The van der Waals surface area contributed by atoms with E-state index in [9.17, 15) is 4.79 Å². The van der Waals surface area contributed by atoms with E-state index in [4.69, 9.17) is 0 Å². The minimum Gasteiger partial charge on any atom is -0.369 e. The molecule has 0 aromatic heterocycles. The number of nitrogens with zero attached hydrogens (tertiary/aromatic N) is 2. The quantitative estimate of drug-likeness (QED) is 0.457. The van der Waals surface area contributed by atoms with Gasteiger partial charge in [-0.25, -0.2) is 0 Å². The maximum absolute atomic E-state index is 13.3. The molecule has 3 aromatic rings. The number of hydrogen-bond acceptors (Lipinski definition) is 3. The summed E-state index contributed by atoms with van der Waals surface area (Å²) in [6.07, 6.45) is 0. The van der Waals surface area contributed by atoms with Crippen molar-refractivity contribution in [2.45, 2.75) is 46.6 Å². The number of carbonyl (C=O) groups excluding carboxylic acids is 1. The van der Waals surface area contributed by atoms with Crippen LogP contribution in [0.25, 0.3) is 11.1 Å². The number of benzene rings is 3. The number of rotatable bonds is 6. The van der Waals surface area contributed by atoms with Crippen molar-refractivity contribution >= 4 is 17.3 Å². The zero-order chi connectivity index (χ0) is 24.2. The predicted molar refractivity (Wildman–Crippen MR) is 144 cm³/mol. The molecule has 1 N–H and O–H groups in total. The maximum atomic E-state index is 13.3. The summed E-state index contributed by atoms with van der Waals surface area (Å²) in [6.45, 7) is 15.2. The van der Waals surface area contributed by atoms with Crippen LogP contribution in [-0.4, -0.2) is 43.0 Å². The third-order valence-corrected chi connectivity index (χ3v) is 6.84. The van der Waals surface area contributed by atoms with Gasteiger partial charge in [-0.3, -0.25) is 9.69 Å². The second kappa shape index (κ2) is 10.4. The molecule has 0 radical (unpaired) electrons. The Morgan fingerprint density at radius 2 is 1.47 bits per heavy atom. The van der Waals surface area contributed by atoms with Gasteiger partial charge in [-0.1, -0.05) is 55.8 Å². The average Bonchev–Trinajstić information content (AvgIpc) is 2.84. The van der Waals surface area contributed by atoms with Gasteiger partial charge < -0.3 is 10.2 Å². The summed E-state index contributed by atoms with van der Waals surface area (Å²) in [7, 11) is 0. The summed E-state index contributed by atoms with van der Waals surface area (Å²) in [5, 5.41) is 3.10. The van der Waals surface area contributed by atoms with Crippen molar-refractivity contribution < 1.29 is 4.79 Å². The lowest BCUT2D eigenvalue weighted by atomic mass is 9.94. The molecule has 0 spiro atoms. The molecule has 0 saturated carbocycles. The molecule has 1 fully saturated rings. The fraction of sp³-hybridized carbons (Fsp3) is 0.367. The van der Waals surface area contributed by atoms with E-state index in [-0.39, 0.29) is 5.91 Å². The molecule has 1 saturated heterocycles. The second-order valence-corrected chi connectivity index (χ2v) is 9.94. The maximum Gasteiger partial charge on any atom is 0.256 e. The zero-order valence-corrected chi connectivity index (χ0v) is 21.1. The molecule has 1 heterocycles. The highest BCUT2D eigenvalue weighted by Gasteiger charge is 2.19. The molecule has 34 heavy (non-hydrogen) atoms. The van der Waals surface area contributed by atoms with Gasteiger partial charge in [-0.2, -0.15) is 0 Å². The van der Waals surface area contributed by atoms with E-state index in [1.165, 1.54) is 11.3 Å². The van der Waals surface area contributed by atoms with Gasteiger partial charge in [0.05, 0.1) is 0 Å². The minimum absolute atomic E-state index is 0.0822. The van der Waals surface area contributed by atoms with Gasteiger partial charge in [0.1, 0.15) is 0 Å². The summed E-state index contributed by atoms with van der Waals surface area (Å²) in [5.74, 6) is 0.401. The van der Waals surface area contributed by atoms with Crippen LogP contribution in [0.3, 0.4) is 0 Å². The Hall–Kier alpha value is -3.11. The van der Waals surface area contributed by atoms with Crippen molar-refractivity contribution in [2.24, 2.45) is 0 Å². The van der Waals surface area contributed by atoms with Crippen LogP contribution in [-0.2, 0) is 0 Å². The number of nitrogens with one attached hydrogen (secondary N) is 1. The molecule has 1 amide bonds. The van der Waals surface area contributed by atoms with Crippen LogP contribution < -0.4 is 10.2 Å². The molecular formula is C30H37N3O. The van der Waals surface area contributed by atoms with Crippen LogP contribution in [0.1, 0.15) is 55.1 Å². The van der Waals surface area contributed by atoms with Crippen molar-refractivity contribution in [2.75, 3.05) is 36.4 Å². The van der Waals surface area contributed by atoms with E-state index >= 15 is 0 Å². The Labute approximate surface area is 204 Å². The Bertz CT molecular complexity index is 1110.